The smallest absolute Gasteiger partial charge is 0.174 e. The lowest BCUT2D eigenvalue weighted by Crippen LogP contribution is -2.10. The molecule has 96 valence electrons. The molecule has 4 nitrogen and oxygen atoms in total. The van der Waals surface area contributed by atoms with Gasteiger partial charge in [-0.2, -0.15) is 5.10 Å². The van der Waals surface area contributed by atoms with Crippen LogP contribution in [0.5, 0.6) is 5.06 Å². The number of rotatable bonds is 3. The van der Waals surface area contributed by atoms with Crippen molar-refractivity contribution in [3.63, 3.8) is 0 Å². The molecular weight excluding hydrogens is 270 g/mol. The zero-order chi connectivity index (χ0) is 11.8. The number of fused-ring (bicyclic) bond motifs is 3. The number of nitrogens with two attached hydrogens (primary N) is 1. The van der Waals surface area contributed by atoms with Gasteiger partial charge in [0.25, 0.3) is 0 Å². The Bertz CT molecular complexity index is 676. The van der Waals surface area contributed by atoms with Gasteiger partial charge >= 0.3 is 0 Å². The molecule has 0 saturated carbocycles. The second kappa shape index (κ2) is 5.14. The zero-order valence-electron chi connectivity index (χ0n) is 9.92. The first-order valence-corrected chi connectivity index (χ1v) is 6.27. The number of nitrogens with zero attached hydrogens (tertiary/aromatic N) is 2. The summed E-state index contributed by atoms with van der Waals surface area (Å²) in [6.07, 6.45) is 1.88. The van der Waals surface area contributed by atoms with E-state index in [1.54, 1.807) is 18.4 Å². The molecule has 2 N–H and O–H groups in total. The van der Waals surface area contributed by atoms with Crippen molar-refractivity contribution >= 4 is 44.7 Å². The summed E-state index contributed by atoms with van der Waals surface area (Å²) in [4.78, 5) is 0. The predicted octanol–water partition coefficient (Wildman–Crippen LogP) is 2.64. The first-order valence-electron chi connectivity index (χ1n) is 5.45. The summed E-state index contributed by atoms with van der Waals surface area (Å²) >= 11 is 1.65. The molecule has 0 spiro atoms. The maximum atomic E-state index is 5.60. The highest BCUT2D eigenvalue weighted by Gasteiger charge is 2.10. The molecule has 2 heterocycles. The van der Waals surface area contributed by atoms with Crippen molar-refractivity contribution in [3.05, 3.63) is 24.4 Å². The number of hydrogen-bond acceptors (Lipinski definition) is 4. The van der Waals surface area contributed by atoms with Gasteiger partial charge < -0.3 is 10.5 Å². The lowest BCUT2D eigenvalue weighted by atomic mass is 10.2. The first-order chi connectivity index (χ1) is 8.33. The second-order valence-corrected chi connectivity index (χ2v) is 4.89. The zero-order valence-corrected chi connectivity index (χ0v) is 11.6. The van der Waals surface area contributed by atoms with Crippen LogP contribution in [0.1, 0.15) is 0 Å². The molecule has 2 aromatic heterocycles. The summed E-state index contributed by atoms with van der Waals surface area (Å²) in [6, 6.07) is 6.27. The van der Waals surface area contributed by atoms with Crippen LogP contribution in [0.4, 0.5) is 0 Å². The van der Waals surface area contributed by atoms with Gasteiger partial charge in [-0.3, -0.25) is 4.68 Å². The highest BCUT2D eigenvalue weighted by molar-refractivity contribution is 7.20. The average Bonchev–Trinajstić information content (AvgIpc) is 2.92. The average molecular weight is 284 g/mol. The van der Waals surface area contributed by atoms with Crippen LogP contribution in [0.15, 0.2) is 24.4 Å². The predicted molar refractivity (Wildman–Crippen MR) is 78.0 cm³/mol. The van der Waals surface area contributed by atoms with Crippen molar-refractivity contribution in [2.45, 2.75) is 6.54 Å². The topological polar surface area (TPSA) is 53.1 Å². The van der Waals surface area contributed by atoms with Crippen LogP contribution in [0.25, 0.3) is 21.0 Å². The van der Waals surface area contributed by atoms with E-state index in [-0.39, 0.29) is 12.4 Å². The number of aromatic nitrogens is 2. The summed E-state index contributed by atoms with van der Waals surface area (Å²) in [5, 5.41) is 7.63. The summed E-state index contributed by atoms with van der Waals surface area (Å²) < 4.78 is 8.47. The Kier molecular flexibility index (Phi) is 3.75. The summed E-state index contributed by atoms with van der Waals surface area (Å²) in [5.41, 5.74) is 6.75. The van der Waals surface area contributed by atoms with Gasteiger partial charge in [0.05, 0.1) is 25.4 Å². The van der Waals surface area contributed by atoms with E-state index in [1.165, 1.54) is 10.1 Å². The molecule has 0 aliphatic heterocycles. The minimum absolute atomic E-state index is 0. The van der Waals surface area contributed by atoms with Gasteiger partial charge in [-0.1, -0.05) is 11.3 Å². The SMILES string of the molecule is COc1cc2c(ccc3cnn(CCN)c32)s1.Cl. The molecule has 0 amide bonds. The van der Waals surface area contributed by atoms with E-state index in [0.717, 1.165) is 22.5 Å². The third kappa shape index (κ3) is 1.94. The Morgan fingerprint density at radius 3 is 3.00 bits per heavy atom. The van der Waals surface area contributed by atoms with Crippen LogP contribution in [-0.4, -0.2) is 23.4 Å². The van der Waals surface area contributed by atoms with Gasteiger partial charge in [-0.15, -0.1) is 12.4 Å². The van der Waals surface area contributed by atoms with Gasteiger partial charge in [0.2, 0.25) is 0 Å². The molecule has 3 aromatic rings. The highest BCUT2D eigenvalue weighted by atomic mass is 35.5. The molecule has 18 heavy (non-hydrogen) atoms. The fraction of sp³-hybridized carbons (Fsp3) is 0.250. The summed E-state index contributed by atoms with van der Waals surface area (Å²) in [7, 11) is 1.69. The summed E-state index contributed by atoms with van der Waals surface area (Å²) in [5.74, 6) is 0. The third-order valence-electron chi connectivity index (χ3n) is 2.82. The van der Waals surface area contributed by atoms with E-state index < -0.39 is 0 Å². The molecule has 3 rings (SSSR count). The van der Waals surface area contributed by atoms with E-state index in [0.29, 0.717) is 6.54 Å². The van der Waals surface area contributed by atoms with Gasteiger partial charge in [-0.25, -0.2) is 0 Å². The molecule has 0 unspecified atom stereocenters. The van der Waals surface area contributed by atoms with Crippen molar-refractivity contribution < 1.29 is 4.74 Å². The molecule has 0 radical (unpaired) electrons. The Morgan fingerprint density at radius 2 is 2.28 bits per heavy atom. The van der Waals surface area contributed by atoms with E-state index in [2.05, 4.69) is 23.3 Å². The standard InChI is InChI=1S/C12H13N3OS.ClH/c1-16-11-6-9-10(17-11)3-2-8-7-14-15(5-4-13)12(8)9;/h2-3,6-7H,4-5,13H2,1H3;1H. The maximum Gasteiger partial charge on any atom is 0.174 e. The minimum Gasteiger partial charge on any atom is -0.487 e. The minimum atomic E-state index is 0. The largest absolute Gasteiger partial charge is 0.487 e. The van der Waals surface area contributed by atoms with Crippen LogP contribution >= 0.6 is 23.7 Å². The molecule has 0 saturated heterocycles. The molecule has 0 aliphatic carbocycles. The van der Waals surface area contributed by atoms with Crippen LogP contribution in [-0.2, 0) is 6.54 Å². The first kappa shape index (κ1) is 13.1. The Labute approximate surface area is 115 Å². The fourth-order valence-electron chi connectivity index (χ4n) is 2.06. The molecule has 0 aliphatic rings. The van der Waals surface area contributed by atoms with Gasteiger partial charge in [0.15, 0.2) is 5.06 Å². The van der Waals surface area contributed by atoms with Gasteiger partial charge in [0.1, 0.15) is 0 Å². The quantitative estimate of drug-likeness (QED) is 0.804. The van der Waals surface area contributed by atoms with E-state index >= 15 is 0 Å². The van der Waals surface area contributed by atoms with Gasteiger partial charge in [-0.05, 0) is 12.1 Å². The Hall–Kier alpha value is -1.30. The molecule has 0 fully saturated rings. The third-order valence-corrected chi connectivity index (χ3v) is 3.88. The van der Waals surface area contributed by atoms with Crippen molar-refractivity contribution in [3.8, 4) is 5.06 Å². The van der Waals surface area contributed by atoms with E-state index in [1.807, 2.05) is 10.9 Å². The van der Waals surface area contributed by atoms with Crippen LogP contribution in [0.2, 0.25) is 0 Å². The Balaban J connectivity index is 0.00000120. The van der Waals surface area contributed by atoms with Crippen LogP contribution in [0, 0.1) is 0 Å². The van der Waals surface area contributed by atoms with Crippen molar-refractivity contribution in [1.29, 1.82) is 0 Å². The molecule has 6 heteroatoms. The van der Waals surface area contributed by atoms with E-state index in [4.69, 9.17) is 10.5 Å². The number of methoxy groups -OCH3 is 1. The number of halogens is 1. The van der Waals surface area contributed by atoms with Crippen LogP contribution < -0.4 is 10.5 Å². The maximum absolute atomic E-state index is 5.60. The van der Waals surface area contributed by atoms with Crippen LogP contribution in [0.3, 0.4) is 0 Å². The highest BCUT2D eigenvalue weighted by Crippen LogP contribution is 2.35. The number of thiophene rings is 1. The monoisotopic (exact) mass is 283 g/mol. The van der Waals surface area contributed by atoms with Gasteiger partial charge in [0, 0.05) is 28.1 Å². The lowest BCUT2D eigenvalue weighted by molar-refractivity contribution is 0.427. The van der Waals surface area contributed by atoms with E-state index in [9.17, 15) is 0 Å². The molecule has 1 aromatic carbocycles. The number of ether oxygens (including phenoxy) is 1. The molecular formula is C12H14ClN3OS. The van der Waals surface area contributed by atoms with Crippen molar-refractivity contribution in [2.75, 3.05) is 13.7 Å². The lowest BCUT2D eigenvalue weighted by Gasteiger charge is -2.01. The number of benzene rings is 1. The van der Waals surface area contributed by atoms with Crippen molar-refractivity contribution in [2.24, 2.45) is 5.73 Å². The number of hydrogen-bond donors (Lipinski definition) is 1. The summed E-state index contributed by atoms with van der Waals surface area (Å²) in [6.45, 7) is 1.33. The Morgan fingerprint density at radius 1 is 1.44 bits per heavy atom. The molecule has 0 bridgehead atoms. The normalized spacial score (nSPS) is 10.8. The second-order valence-electron chi connectivity index (χ2n) is 3.84. The fourth-order valence-corrected chi connectivity index (χ4v) is 2.94. The van der Waals surface area contributed by atoms with Crippen molar-refractivity contribution in [1.82, 2.24) is 9.78 Å². The molecule has 0 atom stereocenters.